The molecule has 1 aliphatic rings. The molecule has 0 unspecified atom stereocenters. The first-order valence-electron chi connectivity index (χ1n) is 13.4. The molecular weight excluding hydrogens is 532 g/mol. The third-order valence-corrected chi connectivity index (χ3v) is 7.19. The fourth-order valence-corrected chi connectivity index (χ4v) is 4.94. The fraction of sp³-hybridized carbons (Fsp3) is 0.147. The molecule has 2 amide bonds. The number of anilines is 2. The molecule has 0 spiro atoms. The highest BCUT2D eigenvalue weighted by molar-refractivity contribution is 7.81. The first kappa shape index (κ1) is 27.8. The van der Waals surface area contributed by atoms with Crippen LogP contribution in [-0.2, 0) is 16.2 Å². The van der Waals surface area contributed by atoms with Crippen molar-refractivity contribution in [3.8, 4) is 11.5 Å². The smallest absolute Gasteiger partial charge is 0.270 e. The summed E-state index contributed by atoms with van der Waals surface area (Å²) in [7, 11) is 0. The van der Waals surface area contributed by atoms with Crippen LogP contribution in [0.15, 0.2) is 103 Å². The lowest BCUT2D eigenvalue weighted by molar-refractivity contribution is -0.120. The van der Waals surface area contributed by atoms with Crippen LogP contribution >= 0.6 is 12.2 Å². The maximum Gasteiger partial charge on any atom is 0.270 e. The number of nitrogens with zero attached hydrogens (tertiary/aromatic N) is 2. The quantitative estimate of drug-likeness (QED) is 0.131. The first-order valence-corrected chi connectivity index (χ1v) is 13.8. The Labute approximate surface area is 245 Å². The molecule has 1 heterocycles. The van der Waals surface area contributed by atoms with Gasteiger partial charge >= 0.3 is 0 Å². The van der Waals surface area contributed by atoms with E-state index < -0.39 is 11.8 Å². The average Bonchev–Trinajstić information content (AvgIpc) is 2.98. The second-order valence-electron chi connectivity index (χ2n) is 9.64. The SMILES string of the molecule is CCOc1cc(C=C2C(=O)N(c3ccccc3)C(=S)N(c3ccccc3)C2=O)ccc1OCc1ccc(C)c(C)c1. The molecule has 0 saturated carbocycles. The Balaban J connectivity index is 1.50. The number of thiocarbonyl (C=S) groups is 1. The van der Waals surface area contributed by atoms with Crippen LogP contribution in [0.3, 0.4) is 0 Å². The van der Waals surface area contributed by atoms with Crippen molar-refractivity contribution in [1.29, 1.82) is 0 Å². The third kappa shape index (κ3) is 5.90. The molecule has 5 rings (SSSR count). The normalized spacial score (nSPS) is 13.4. The largest absolute Gasteiger partial charge is 0.490 e. The summed E-state index contributed by atoms with van der Waals surface area (Å²) in [4.78, 5) is 30.3. The minimum atomic E-state index is -0.494. The summed E-state index contributed by atoms with van der Waals surface area (Å²) < 4.78 is 12.0. The second-order valence-corrected chi connectivity index (χ2v) is 10.0. The maximum absolute atomic E-state index is 13.8. The number of benzene rings is 4. The van der Waals surface area contributed by atoms with Gasteiger partial charge in [-0.2, -0.15) is 0 Å². The number of carbonyl (C=O) groups excluding carboxylic acids is 2. The molecule has 206 valence electrons. The Morgan fingerprint density at radius 2 is 1.32 bits per heavy atom. The molecule has 41 heavy (non-hydrogen) atoms. The minimum absolute atomic E-state index is 0.0162. The monoisotopic (exact) mass is 562 g/mol. The summed E-state index contributed by atoms with van der Waals surface area (Å²) in [5, 5.41) is 0.0969. The predicted octanol–water partition coefficient (Wildman–Crippen LogP) is 7.03. The number of para-hydroxylation sites is 2. The Morgan fingerprint density at radius 1 is 0.707 bits per heavy atom. The van der Waals surface area contributed by atoms with Crippen molar-refractivity contribution in [2.24, 2.45) is 0 Å². The van der Waals surface area contributed by atoms with E-state index in [0.29, 0.717) is 41.7 Å². The van der Waals surface area contributed by atoms with Crippen LogP contribution in [-0.4, -0.2) is 23.5 Å². The van der Waals surface area contributed by atoms with Crippen LogP contribution < -0.4 is 19.3 Å². The van der Waals surface area contributed by atoms with Crippen molar-refractivity contribution in [1.82, 2.24) is 0 Å². The standard InChI is InChI=1S/C34H30N2O4S/c1-4-39-31-21-25(17-18-30(31)40-22-26-16-15-23(2)24(3)19-26)20-29-32(37)35(27-11-7-5-8-12-27)34(41)36(33(29)38)28-13-9-6-10-14-28/h5-21H,4,22H2,1-3H3. The molecule has 6 nitrogen and oxygen atoms in total. The van der Waals surface area contributed by atoms with E-state index in [9.17, 15) is 9.59 Å². The zero-order valence-corrected chi connectivity index (χ0v) is 24.0. The van der Waals surface area contributed by atoms with Crippen LogP contribution in [0.4, 0.5) is 11.4 Å². The molecule has 0 atom stereocenters. The van der Waals surface area contributed by atoms with Gasteiger partial charge in [0.1, 0.15) is 12.2 Å². The summed E-state index contributed by atoms with van der Waals surface area (Å²) in [6.07, 6.45) is 1.58. The van der Waals surface area contributed by atoms with Gasteiger partial charge in [-0.1, -0.05) is 60.7 Å². The molecule has 1 saturated heterocycles. The van der Waals surface area contributed by atoms with E-state index >= 15 is 0 Å². The van der Waals surface area contributed by atoms with Gasteiger partial charge in [-0.05, 0) is 97.7 Å². The fourth-order valence-electron chi connectivity index (χ4n) is 4.56. The number of carbonyl (C=O) groups is 2. The lowest BCUT2D eigenvalue weighted by Gasteiger charge is -2.36. The summed E-state index contributed by atoms with van der Waals surface area (Å²) in [6.45, 7) is 6.85. The van der Waals surface area contributed by atoms with Gasteiger partial charge in [-0.15, -0.1) is 0 Å². The van der Waals surface area contributed by atoms with Gasteiger partial charge in [0, 0.05) is 0 Å². The van der Waals surface area contributed by atoms with E-state index in [0.717, 1.165) is 5.56 Å². The van der Waals surface area contributed by atoms with Crippen molar-refractivity contribution in [3.05, 3.63) is 125 Å². The van der Waals surface area contributed by atoms with Gasteiger partial charge in [0.25, 0.3) is 11.8 Å². The van der Waals surface area contributed by atoms with Crippen molar-refractivity contribution in [2.45, 2.75) is 27.4 Å². The highest BCUT2D eigenvalue weighted by Gasteiger charge is 2.41. The van der Waals surface area contributed by atoms with Gasteiger partial charge in [0.2, 0.25) is 0 Å². The van der Waals surface area contributed by atoms with E-state index in [1.165, 1.54) is 20.9 Å². The number of aryl methyl sites for hydroxylation is 2. The average molecular weight is 563 g/mol. The Bertz CT molecular complexity index is 1570. The first-order chi connectivity index (χ1) is 19.9. The number of ether oxygens (including phenoxy) is 2. The van der Waals surface area contributed by atoms with Gasteiger partial charge in [-0.25, -0.2) is 0 Å². The molecule has 0 bridgehead atoms. The molecule has 7 heteroatoms. The molecule has 0 N–H and O–H groups in total. The number of amides is 2. The number of hydrogen-bond acceptors (Lipinski definition) is 5. The van der Waals surface area contributed by atoms with Crippen molar-refractivity contribution in [3.63, 3.8) is 0 Å². The molecule has 0 aromatic heterocycles. The Morgan fingerprint density at radius 3 is 1.88 bits per heavy atom. The third-order valence-electron chi connectivity index (χ3n) is 6.82. The van der Waals surface area contributed by atoms with Crippen LogP contribution in [0.1, 0.15) is 29.2 Å². The van der Waals surface area contributed by atoms with Gasteiger partial charge in [-0.3, -0.25) is 19.4 Å². The van der Waals surface area contributed by atoms with Crippen molar-refractivity contribution in [2.75, 3.05) is 16.4 Å². The highest BCUT2D eigenvalue weighted by atomic mass is 32.1. The molecule has 1 fully saturated rings. The molecule has 4 aromatic carbocycles. The summed E-state index contributed by atoms with van der Waals surface area (Å²) in [6, 6.07) is 29.8. The van der Waals surface area contributed by atoms with E-state index in [2.05, 4.69) is 26.0 Å². The van der Waals surface area contributed by atoms with E-state index in [1.54, 1.807) is 48.5 Å². The lowest BCUT2D eigenvalue weighted by atomic mass is 10.0. The Hall–Kier alpha value is -4.75. The highest BCUT2D eigenvalue weighted by Crippen LogP contribution is 2.33. The van der Waals surface area contributed by atoms with E-state index in [-0.39, 0.29) is 10.7 Å². The maximum atomic E-state index is 13.8. The molecule has 0 radical (unpaired) electrons. The van der Waals surface area contributed by atoms with Crippen molar-refractivity contribution >= 4 is 46.6 Å². The number of rotatable bonds is 8. The van der Waals surface area contributed by atoms with E-state index in [1.807, 2.05) is 49.4 Å². The van der Waals surface area contributed by atoms with Crippen LogP contribution in [0, 0.1) is 13.8 Å². The van der Waals surface area contributed by atoms with Gasteiger partial charge < -0.3 is 9.47 Å². The number of hydrogen-bond donors (Lipinski definition) is 0. The lowest BCUT2D eigenvalue weighted by Crippen LogP contribution is -2.56. The van der Waals surface area contributed by atoms with Crippen molar-refractivity contribution < 1.29 is 19.1 Å². The molecular formula is C34H30N2O4S. The van der Waals surface area contributed by atoms with Crippen LogP contribution in [0.25, 0.3) is 6.08 Å². The molecule has 1 aliphatic heterocycles. The van der Waals surface area contributed by atoms with E-state index in [4.69, 9.17) is 21.7 Å². The summed E-state index contributed by atoms with van der Waals surface area (Å²) >= 11 is 5.69. The van der Waals surface area contributed by atoms with Crippen LogP contribution in [0.2, 0.25) is 0 Å². The second kappa shape index (κ2) is 12.2. The van der Waals surface area contributed by atoms with Crippen LogP contribution in [0.5, 0.6) is 11.5 Å². The zero-order chi connectivity index (χ0) is 28.9. The summed E-state index contributed by atoms with van der Waals surface area (Å²) in [5.41, 5.74) is 5.24. The van der Waals surface area contributed by atoms with Gasteiger partial charge in [0.05, 0.1) is 18.0 Å². The predicted molar refractivity (Wildman–Crippen MR) is 166 cm³/mol. The topological polar surface area (TPSA) is 59.1 Å². The molecule has 0 aliphatic carbocycles. The Kier molecular flexibility index (Phi) is 8.26. The van der Waals surface area contributed by atoms with Gasteiger partial charge in [0.15, 0.2) is 16.6 Å². The zero-order valence-electron chi connectivity index (χ0n) is 23.2. The molecule has 4 aromatic rings. The summed E-state index contributed by atoms with van der Waals surface area (Å²) in [5.74, 6) is 0.112. The minimum Gasteiger partial charge on any atom is -0.490 e.